The molecule has 3 rings (SSSR count). The molecule has 0 saturated heterocycles. The van der Waals surface area contributed by atoms with Crippen LogP contribution in [0.4, 0.5) is 17.1 Å². The second-order valence-electron chi connectivity index (χ2n) is 6.08. The quantitative estimate of drug-likeness (QED) is 0.250. The maximum absolute atomic E-state index is 11.7. The van der Waals surface area contributed by atoms with Gasteiger partial charge in [0.25, 0.3) is 11.4 Å². The Balaban J connectivity index is 0.000000227. The lowest BCUT2D eigenvalue weighted by molar-refractivity contribution is -0.404. The summed E-state index contributed by atoms with van der Waals surface area (Å²) in [7, 11) is 0. The molecule has 3 aromatic rings. The summed E-state index contributed by atoms with van der Waals surface area (Å²) in [5.74, 6) is -1.18. The molecule has 0 radical (unpaired) electrons. The maximum atomic E-state index is 11.7. The number of non-ortho nitro benzene ring substituents is 1. The maximum Gasteiger partial charge on any atom is 0.324 e. The van der Waals surface area contributed by atoms with Crippen molar-refractivity contribution in [2.45, 2.75) is 0 Å². The van der Waals surface area contributed by atoms with Crippen LogP contribution in [0.3, 0.4) is 0 Å². The Morgan fingerprint density at radius 3 is 1.66 bits per heavy atom. The number of rotatable bonds is 6. The summed E-state index contributed by atoms with van der Waals surface area (Å²) < 4.78 is 0. The van der Waals surface area contributed by atoms with E-state index in [2.05, 4.69) is 0 Å². The zero-order chi connectivity index (χ0) is 23.7. The smallest absolute Gasteiger partial charge is 0.324 e. The Morgan fingerprint density at radius 2 is 1.22 bits per heavy atom. The van der Waals surface area contributed by atoms with E-state index in [1.54, 1.807) is 6.08 Å². The second kappa shape index (κ2) is 10.7. The van der Waals surface area contributed by atoms with Crippen molar-refractivity contribution >= 4 is 28.9 Å². The van der Waals surface area contributed by atoms with E-state index in [0.29, 0.717) is 12.1 Å². The highest BCUT2D eigenvalue weighted by atomic mass is 16.6. The van der Waals surface area contributed by atoms with Gasteiger partial charge in [-0.1, -0.05) is 66.7 Å². The van der Waals surface area contributed by atoms with Gasteiger partial charge in [0.15, 0.2) is 5.78 Å². The average molecular weight is 437 g/mol. The summed E-state index contributed by atoms with van der Waals surface area (Å²) >= 11 is 0. The van der Waals surface area contributed by atoms with Gasteiger partial charge in [-0.3, -0.25) is 35.1 Å². The molecule has 11 heteroatoms. The number of carbonyl (C=O) groups is 1. The van der Waals surface area contributed by atoms with Crippen molar-refractivity contribution in [3.05, 3.63) is 120 Å². The number of benzene rings is 3. The normalized spacial score (nSPS) is 10.1. The molecular formula is C21H15N3O8. The molecule has 0 spiro atoms. The predicted molar refractivity (Wildman–Crippen MR) is 114 cm³/mol. The highest BCUT2D eigenvalue weighted by Gasteiger charge is 2.30. The Morgan fingerprint density at radius 1 is 0.750 bits per heavy atom. The van der Waals surface area contributed by atoms with Crippen LogP contribution in [0.15, 0.2) is 78.9 Å². The Labute approximate surface area is 180 Å². The van der Waals surface area contributed by atoms with Gasteiger partial charge in [-0.15, -0.1) is 0 Å². The van der Waals surface area contributed by atoms with Crippen LogP contribution in [0, 0.1) is 30.3 Å². The number of nitrogens with zero attached hydrogens (tertiary/aromatic N) is 3. The van der Waals surface area contributed by atoms with E-state index in [1.165, 1.54) is 0 Å². The molecule has 0 heterocycles. The summed E-state index contributed by atoms with van der Waals surface area (Å²) in [5, 5.41) is 40.2. The van der Waals surface area contributed by atoms with E-state index in [4.69, 9.17) is 5.11 Å². The molecule has 32 heavy (non-hydrogen) atoms. The van der Waals surface area contributed by atoms with E-state index >= 15 is 0 Å². The number of phenolic OH excluding ortho intramolecular Hbond substituents is 1. The van der Waals surface area contributed by atoms with Crippen LogP contribution in [0.25, 0.3) is 6.08 Å². The first-order valence-electron chi connectivity index (χ1n) is 8.83. The lowest BCUT2D eigenvalue weighted by atomic mass is 10.1. The van der Waals surface area contributed by atoms with Crippen LogP contribution in [0.5, 0.6) is 5.75 Å². The van der Waals surface area contributed by atoms with Gasteiger partial charge in [0.05, 0.1) is 26.9 Å². The molecule has 0 aromatic heterocycles. The molecule has 3 aromatic carbocycles. The molecule has 1 N–H and O–H groups in total. The van der Waals surface area contributed by atoms with E-state index in [-0.39, 0.29) is 5.78 Å². The van der Waals surface area contributed by atoms with Crippen molar-refractivity contribution in [3.63, 3.8) is 0 Å². The van der Waals surface area contributed by atoms with Crippen LogP contribution in [-0.4, -0.2) is 25.7 Å². The largest absolute Gasteiger partial charge is 0.497 e. The third-order valence-electron chi connectivity index (χ3n) is 3.94. The Kier molecular flexibility index (Phi) is 7.83. The molecule has 0 amide bonds. The lowest BCUT2D eigenvalue weighted by Crippen LogP contribution is -1.97. The van der Waals surface area contributed by atoms with Crippen LogP contribution in [-0.2, 0) is 0 Å². The molecule has 0 bridgehead atoms. The van der Waals surface area contributed by atoms with Crippen molar-refractivity contribution < 1.29 is 24.7 Å². The summed E-state index contributed by atoms with van der Waals surface area (Å²) in [5.41, 5.74) is -1.25. The van der Waals surface area contributed by atoms with Crippen molar-refractivity contribution in [1.82, 2.24) is 0 Å². The summed E-state index contributed by atoms with van der Waals surface area (Å²) in [6.45, 7) is 0. The molecule has 162 valence electrons. The number of nitro groups is 3. The monoisotopic (exact) mass is 437 g/mol. The van der Waals surface area contributed by atoms with Gasteiger partial charge in [-0.25, -0.2) is 0 Å². The van der Waals surface area contributed by atoms with Crippen molar-refractivity contribution in [3.8, 4) is 5.75 Å². The van der Waals surface area contributed by atoms with Gasteiger partial charge in [-0.05, 0) is 11.6 Å². The fraction of sp³-hybridized carbons (Fsp3) is 0. The van der Waals surface area contributed by atoms with Crippen molar-refractivity contribution in [2.75, 3.05) is 0 Å². The number of allylic oxidation sites excluding steroid dienone is 1. The number of hydrogen-bond donors (Lipinski definition) is 1. The Bertz CT molecular complexity index is 1140. The predicted octanol–water partition coefficient (Wildman–Crippen LogP) is 4.70. The third kappa shape index (κ3) is 6.29. The van der Waals surface area contributed by atoms with E-state index in [0.717, 1.165) is 11.1 Å². The third-order valence-corrected chi connectivity index (χ3v) is 3.94. The van der Waals surface area contributed by atoms with Gasteiger partial charge < -0.3 is 5.11 Å². The van der Waals surface area contributed by atoms with Gasteiger partial charge in [0.1, 0.15) is 0 Å². The SMILES string of the molecule is O=C(/C=C/c1ccccc1)c1ccccc1.O=[N+]([O-])c1cc([N+](=O)[O-])c(O)c([N+](=O)[O-])c1. The minimum absolute atomic E-state index is 0.0319. The van der Waals surface area contributed by atoms with Crippen molar-refractivity contribution in [2.24, 2.45) is 0 Å². The van der Waals surface area contributed by atoms with E-state index in [1.807, 2.05) is 66.7 Å². The first-order chi connectivity index (χ1) is 15.2. The Hall–Kier alpha value is -4.93. The lowest BCUT2D eigenvalue weighted by Gasteiger charge is -1.97. The first kappa shape index (κ1) is 23.3. The highest BCUT2D eigenvalue weighted by Crippen LogP contribution is 2.38. The molecule has 0 aliphatic rings. The minimum atomic E-state index is -1.21. The van der Waals surface area contributed by atoms with E-state index < -0.39 is 37.6 Å². The van der Waals surface area contributed by atoms with Gasteiger partial charge >= 0.3 is 11.4 Å². The van der Waals surface area contributed by atoms with Gasteiger partial charge in [-0.2, -0.15) is 0 Å². The van der Waals surface area contributed by atoms with Gasteiger partial charge in [0, 0.05) is 5.56 Å². The number of nitro benzene ring substituents is 3. The topological polar surface area (TPSA) is 167 Å². The zero-order valence-electron chi connectivity index (χ0n) is 16.2. The standard InChI is InChI=1S/C15H12O.C6H3N3O7/c16-15(14-9-5-2-6-10-14)12-11-13-7-3-1-4-8-13;10-6-4(8(13)14)1-3(7(11)12)2-5(6)9(15)16/h1-12H;1-2,10H/b12-11+;. The highest BCUT2D eigenvalue weighted by molar-refractivity contribution is 6.06. The van der Waals surface area contributed by atoms with Crippen LogP contribution >= 0.6 is 0 Å². The fourth-order valence-electron chi connectivity index (χ4n) is 2.41. The van der Waals surface area contributed by atoms with Crippen LogP contribution in [0.1, 0.15) is 15.9 Å². The van der Waals surface area contributed by atoms with Gasteiger partial charge in [0.2, 0.25) is 0 Å². The minimum Gasteiger partial charge on any atom is -0.497 e. The second-order valence-corrected chi connectivity index (χ2v) is 6.08. The molecule has 0 fully saturated rings. The first-order valence-corrected chi connectivity index (χ1v) is 8.83. The number of aromatic hydroxyl groups is 1. The van der Waals surface area contributed by atoms with Crippen molar-refractivity contribution in [1.29, 1.82) is 0 Å². The molecule has 0 saturated carbocycles. The summed E-state index contributed by atoms with van der Waals surface area (Å²) in [6.07, 6.45) is 3.43. The molecule has 11 nitrogen and oxygen atoms in total. The number of hydrogen-bond acceptors (Lipinski definition) is 8. The molecule has 0 aliphatic carbocycles. The number of carbonyl (C=O) groups excluding carboxylic acids is 1. The van der Waals surface area contributed by atoms with E-state index in [9.17, 15) is 35.1 Å². The average Bonchev–Trinajstić information content (AvgIpc) is 2.78. The van der Waals surface area contributed by atoms with Crippen LogP contribution in [0.2, 0.25) is 0 Å². The molecular weight excluding hydrogens is 422 g/mol. The molecule has 0 atom stereocenters. The summed E-state index contributed by atoms with van der Waals surface area (Å²) in [4.78, 5) is 39.5. The molecule has 0 unspecified atom stereocenters. The number of phenols is 1. The molecule has 0 aliphatic heterocycles. The summed E-state index contributed by atoms with van der Waals surface area (Å²) in [6, 6.07) is 19.9. The van der Waals surface area contributed by atoms with Crippen LogP contribution < -0.4 is 0 Å². The number of ketones is 1. The zero-order valence-corrected chi connectivity index (χ0v) is 16.2. The fourth-order valence-corrected chi connectivity index (χ4v) is 2.41.